The summed E-state index contributed by atoms with van der Waals surface area (Å²) in [4.78, 5) is 26.6. The van der Waals surface area contributed by atoms with E-state index in [9.17, 15) is 14.0 Å². The van der Waals surface area contributed by atoms with Crippen LogP contribution in [0.2, 0.25) is 5.02 Å². The average molecular weight is 345 g/mol. The quantitative estimate of drug-likeness (QED) is 0.849. The Balaban J connectivity index is 1.68. The molecule has 1 fully saturated rings. The summed E-state index contributed by atoms with van der Waals surface area (Å²) in [6.45, 7) is 0.0215. The number of carbonyl (C=O) groups is 2. The van der Waals surface area contributed by atoms with Crippen LogP contribution in [-0.2, 0) is 23.3 Å². The van der Waals surface area contributed by atoms with Crippen LogP contribution in [0.5, 0.6) is 0 Å². The van der Waals surface area contributed by atoms with Crippen molar-refractivity contribution in [1.29, 1.82) is 0 Å². The van der Waals surface area contributed by atoms with Gasteiger partial charge in [-0.05, 0) is 41.7 Å². The van der Waals surface area contributed by atoms with Crippen LogP contribution in [-0.4, -0.2) is 16.8 Å². The highest BCUT2D eigenvalue weighted by molar-refractivity contribution is 6.31. The van der Waals surface area contributed by atoms with Crippen LogP contribution in [0.1, 0.15) is 23.1 Å². The lowest BCUT2D eigenvalue weighted by atomic mass is 9.92. The van der Waals surface area contributed by atoms with E-state index in [1.54, 1.807) is 0 Å². The monoisotopic (exact) mass is 344 g/mol. The summed E-state index contributed by atoms with van der Waals surface area (Å²) in [6, 6.07) is 11.1. The van der Waals surface area contributed by atoms with Gasteiger partial charge in [-0.15, -0.1) is 0 Å². The van der Waals surface area contributed by atoms with Crippen LogP contribution in [0.15, 0.2) is 42.5 Å². The average Bonchev–Trinajstić information content (AvgIpc) is 3.04. The molecule has 0 saturated carbocycles. The van der Waals surface area contributed by atoms with Crippen molar-refractivity contribution in [3.63, 3.8) is 0 Å². The Kier molecular flexibility index (Phi) is 3.35. The van der Waals surface area contributed by atoms with Crippen molar-refractivity contribution in [2.45, 2.75) is 24.9 Å². The molecule has 1 aliphatic carbocycles. The van der Waals surface area contributed by atoms with Gasteiger partial charge in [0.1, 0.15) is 11.4 Å². The first-order valence-corrected chi connectivity index (χ1v) is 8.05. The molecule has 1 atom stereocenters. The Morgan fingerprint density at radius 3 is 2.79 bits per heavy atom. The Labute approximate surface area is 143 Å². The summed E-state index contributed by atoms with van der Waals surface area (Å²) in [5.41, 5.74) is 1.48. The Morgan fingerprint density at radius 1 is 1.21 bits per heavy atom. The molecule has 4 nitrogen and oxygen atoms in total. The first-order valence-electron chi connectivity index (χ1n) is 7.68. The van der Waals surface area contributed by atoms with E-state index in [0.29, 0.717) is 12.0 Å². The Hall–Kier alpha value is -2.40. The highest BCUT2D eigenvalue weighted by Gasteiger charge is 2.55. The van der Waals surface area contributed by atoms with Gasteiger partial charge in [0, 0.05) is 5.02 Å². The zero-order valence-corrected chi connectivity index (χ0v) is 13.4. The second-order valence-electron chi connectivity index (χ2n) is 6.12. The number of amides is 3. The summed E-state index contributed by atoms with van der Waals surface area (Å²) < 4.78 is 13.2. The minimum Gasteiger partial charge on any atom is -0.319 e. The minimum absolute atomic E-state index is 0.0215. The fourth-order valence-corrected chi connectivity index (χ4v) is 3.78. The molecular weight excluding hydrogens is 331 g/mol. The van der Waals surface area contributed by atoms with Crippen LogP contribution in [0.3, 0.4) is 0 Å². The number of urea groups is 1. The number of nitrogens with one attached hydrogen (secondary N) is 1. The second-order valence-corrected chi connectivity index (χ2v) is 6.53. The number of halogens is 2. The summed E-state index contributed by atoms with van der Waals surface area (Å²) in [5.74, 6) is -0.736. The summed E-state index contributed by atoms with van der Waals surface area (Å²) in [5, 5.41) is 3.05. The van der Waals surface area contributed by atoms with Crippen LogP contribution in [0.25, 0.3) is 0 Å². The summed E-state index contributed by atoms with van der Waals surface area (Å²) in [7, 11) is 0. The SMILES string of the molecule is O=C1NC2(CCc3ccccc32)C(=O)N1Cc1ccc(F)cc1Cl. The highest BCUT2D eigenvalue weighted by Crippen LogP contribution is 2.41. The molecule has 1 aliphatic heterocycles. The first kappa shape index (κ1) is 15.1. The number of aryl methyl sites for hydroxylation is 1. The second kappa shape index (κ2) is 5.31. The molecule has 122 valence electrons. The standard InChI is InChI=1S/C18H14ClFN2O2/c19-15-9-13(20)6-5-12(15)10-22-16(23)18(21-17(22)24)8-7-11-3-1-2-4-14(11)18/h1-6,9H,7-8,10H2,(H,21,24). The molecule has 3 amide bonds. The van der Waals surface area contributed by atoms with Crippen LogP contribution in [0, 0.1) is 5.82 Å². The van der Waals surface area contributed by atoms with Gasteiger partial charge in [0.25, 0.3) is 5.91 Å². The van der Waals surface area contributed by atoms with Crippen molar-refractivity contribution < 1.29 is 14.0 Å². The van der Waals surface area contributed by atoms with Crippen molar-refractivity contribution in [3.05, 3.63) is 70.0 Å². The van der Waals surface area contributed by atoms with Gasteiger partial charge in [0.05, 0.1) is 6.54 Å². The van der Waals surface area contributed by atoms with E-state index in [1.807, 2.05) is 24.3 Å². The predicted octanol–water partition coefficient (Wildman–Crippen LogP) is 3.37. The van der Waals surface area contributed by atoms with E-state index < -0.39 is 17.4 Å². The maximum Gasteiger partial charge on any atom is 0.325 e. The molecule has 0 aromatic heterocycles. The van der Waals surface area contributed by atoms with E-state index >= 15 is 0 Å². The van der Waals surface area contributed by atoms with Crippen LogP contribution in [0.4, 0.5) is 9.18 Å². The third-order valence-electron chi connectivity index (χ3n) is 4.77. The van der Waals surface area contributed by atoms with Crippen molar-refractivity contribution >= 4 is 23.5 Å². The largest absolute Gasteiger partial charge is 0.325 e. The number of benzene rings is 2. The minimum atomic E-state index is -0.986. The third-order valence-corrected chi connectivity index (χ3v) is 5.12. The molecule has 2 aromatic rings. The van der Waals surface area contributed by atoms with Gasteiger partial charge in [0.15, 0.2) is 0 Å². The van der Waals surface area contributed by atoms with Crippen LogP contribution < -0.4 is 5.32 Å². The summed E-state index contributed by atoms with van der Waals surface area (Å²) in [6.07, 6.45) is 1.29. The molecule has 0 bridgehead atoms. The third kappa shape index (κ3) is 2.12. The number of nitrogens with zero attached hydrogens (tertiary/aromatic N) is 1. The van der Waals surface area contributed by atoms with Gasteiger partial charge in [-0.1, -0.05) is 41.9 Å². The molecule has 4 rings (SSSR count). The number of hydrogen-bond acceptors (Lipinski definition) is 2. The molecule has 0 radical (unpaired) electrons. The van der Waals surface area contributed by atoms with E-state index in [2.05, 4.69) is 5.32 Å². The number of fused-ring (bicyclic) bond motifs is 2. The van der Waals surface area contributed by atoms with Crippen molar-refractivity contribution in [3.8, 4) is 0 Å². The smallest absolute Gasteiger partial charge is 0.319 e. The van der Waals surface area contributed by atoms with Gasteiger partial charge in [-0.2, -0.15) is 0 Å². The first-order chi connectivity index (χ1) is 11.5. The number of imide groups is 1. The van der Waals surface area contributed by atoms with E-state index in [4.69, 9.17) is 11.6 Å². The normalized spacial score (nSPS) is 22.2. The molecule has 1 spiro atoms. The Morgan fingerprint density at radius 2 is 2.00 bits per heavy atom. The maximum absolute atomic E-state index is 13.2. The maximum atomic E-state index is 13.2. The topological polar surface area (TPSA) is 49.4 Å². The van der Waals surface area contributed by atoms with E-state index in [0.717, 1.165) is 22.4 Å². The predicted molar refractivity (Wildman–Crippen MR) is 86.9 cm³/mol. The van der Waals surface area contributed by atoms with Gasteiger partial charge >= 0.3 is 6.03 Å². The van der Waals surface area contributed by atoms with Gasteiger partial charge in [0.2, 0.25) is 0 Å². The van der Waals surface area contributed by atoms with Gasteiger partial charge < -0.3 is 5.32 Å². The highest BCUT2D eigenvalue weighted by atomic mass is 35.5. The van der Waals surface area contributed by atoms with Crippen LogP contribution >= 0.6 is 11.6 Å². The number of hydrogen-bond donors (Lipinski definition) is 1. The fraction of sp³-hybridized carbons (Fsp3) is 0.222. The lowest BCUT2D eigenvalue weighted by Gasteiger charge is -2.22. The van der Waals surface area contributed by atoms with E-state index in [-0.39, 0.29) is 17.5 Å². The Bertz CT molecular complexity index is 870. The molecule has 24 heavy (non-hydrogen) atoms. The molecular formula is C18H14ClFN2O2. The van der Waals surface area contributed by atoms with Gasteiger partial charge in [-0.25, -0.2) is 9.18 Å². The molecule has 2 aromatic carbocycles. The molecule has 2 aliphatic rings. The number of rotatable bonds is 2. The van der Waals surface area contributed by atoms with Gasteiger partial charge in [-0.3, -0.25) is 9.69 Å². The lowest BCUT2D eigenvalue weighted by Crippen LogP contribution is -2.41. The van der Waals surface area contributed by atoms with Crippen molar-refractivity contribution in [2.75, 3.05) is 0 Å². The zero-order chi connectivity index (χ0) is 16.9. The van der Waals surface area contributed by atoms with Crippen molar-refractivity contribution in [2.24, 2.45) is 0 Å². The molecule has 1 unspecified atom stereocenters. The molecule has 1 saturated heterocycles. The molecule has 1 N–H and O–H groups in total. The summed E-state index contributed by atoms with van der Waals surface area (Å²) >= 11 is 6.03. The van der Waals surface area contributed by atoms with E-state index in [1.165, 1.54) is 18.2 Å². The van der Waals surface area contributed by atoms with Crippen molar-refractivity contribution in [1.82, 2.24) is 10.2 Å². The fourth-order valence-electron chi connectivity index (χ4n) is 3.55. The molecule has 1 heterocycles. The molecule has 6 heteroatoms. The zero-order valence-electron chi connectivity index (χ0n) is 12.7. The lowest BCUT2D eigenvalue weighted by molar-refractivity contribution is -0.132. The number of carbonyl (C=O) groups excluding carboxylic acids is 2.